The molecule has 0 aliphatic heterocycles. The molecule has 0 unspecified atom stereocenters. The number of hydrogen-bond acceptors (Lipinski definition) is 0. The molecule has 0 heterocycles. The van der Waals surface area contributed by atoms with Crippen molar-refractivity contribution in [3.05, 3.63) is 44.0 Å². The second-order valence-electron chi connectivity index (χ2n) is 5.48. The van der Waals surface area contributed by atoms with Crippen molar-refractivity contribution < 1.29 is 41.1 Å². The molecule has 0 atom stereocenters. The second kappa shape index (κ2) is 11.7. The van der Waals surface area contributed by atoms with Crippen molar-refractivity contribution in [2.75, 3.05) is 0 Å². The fourth-order valence-corrected chi connectivity index (χ4v) is 4.82. The van der Waals surface area contributed by atoms with E-state index in [-0.39, 0.29) is 24.8 Å². The van der Waals surface area contributed by atoms with E-state index in [1.165, 1.54) is 51.4 Å². The van der Waals surface area contributed by atoms with Gasteiger partial charge < -0.3 is 24.8 Å². The number of allylic oxidation sites excluding steroid dienone is 8. The Morgan fingerprint density at radius 3 is 1.62 bits per heavy atom. The van der Waals surface area contributed by atoms with Crippen LogP contribution in [0.4, 0.5) is 0 Å². The SMILES string of the molecule is CCCCC1=[C]([V+2][C]2=C(CCCC)C=CC2)CC=C1.[Cl-].[Cl-]. The summed E-state index contributed by atoms with van der Waals surface area (Å²) in [7, 11) is 0. The van der Waals surface area contributed by atoms with E-state index in [4.69, 9.17) is 0 Å². The van der Waals surface area contributed by atoms with E-state index in [2.05, 4.69) is 38.2 Å². The van der Waals surface area contributed by atoms with Crippen LogP contribution in [0.1, 0.15) is 65.2 Å². The van der Waals surface area contributed by atoms with Crippen LogP contribution in [0.2, 0.25) is 0 Å². The predicted molar refractivity (Wildman–Crippen MR) is 80.6 cm³/mol. The van der Waals surface area contributed by atoms with Gasteiger partial charge in [-0.15, -0.1) is 0 Å². The molecular formula is C18H26Cl2V. The van der Waals surface area contributed by atoms with Crippen molar-refractivity contribution in [2.45, 2.75) is 65.2 Å². The van der Waals surface area contributed by atoms with Gasteiger partial charge in [0, 0.05) is 0 Å². The van der Waals surface area contributed by atoms with Crippen LogP contribution in [0, 0.1) is 0 Å². The molecule has 0 nitrogen and oxygen atoms in total. The number of unbranched alkanes of at least 4 members (excludes halogenated alkanes) is 2. The molecule has 0 N–H and O–H groups in total. The third-order valence-corrected chi connectivity index (χ3v) is 6.18. The molecule has 0 aromatic heterocycles. The molecule has 2 rings (SSSR count). The van der Waals surface area contributed by atoms with E-state index < -0.39 is 0 Å². The van der Waals surface area contributed by atoms with Crippen molar-refractivity contribution in [1.29, 1.82) is 0 Å². The Labute approximate surface area is 150 Å². The second-order valence-corrected chi connectivity index (χ2v) is 7.51. The minimum absolute atomic E-state index is 0. The van der Waals surface area contributed by atoms with Gasteiger partial charge >= 0.3 is 126 Å². The Bertz CT molecular complexity index is 390. The third kappa shape index (κ3) is 6.41. The van der Waals surface area contributed by atoms with E-state index in [1.807, 2.05) is 0 Å². The Morgan fingerprint density at radius 2 is 1.24 bits per heavy atom. The zero-order chi connectivity index (χ0) is 13.5. The maximum Gasteiger partial charge on any atom is -1.00 e. The minimum Gasteiger partial charge on any atom is -1.00 e. The van der Waals surface area contributed by atoms with E-state index >= 15 is 0 Å². The molecule has 0 spiro atoms. The first kappa shape index (κ1) is 21.1. The molecule has 0 saturated heterocycles. The fraction of sp³-hybridized carbons (Fsp3) is 0.556. The summed E-state index contributed by atoms with van der Waals surface area (Å²) in [5, 5.41) is 0. The summed E-state index contributed by atoms with van der Waals surface area (Å²) in [6.07, 6.45) is 20.0. The first-order valence-corrected chi connectivity index (χ1v) is 9.23. The summed E-state index contributed by atoms with van der Waals surface area (Å²) in [6.45, 7) is 4.58. The smallest absolute Gasteiger partial charge is 1.00 e. The molecule has 0 bridgehead atoms. The van der Waals surface area contributed by atoms with E-state index in [0.29, 0.717) is 16.3 Å². The molecule has 117 valence electrons. The predicted octanol–water partition coefficient (Wildman–Crippen LogP) is -0.115. The van der Waals surface area contributed by atoms with Gasteiger partial charge in [0.15, 0.2) is 0 Å². The van der Waals surface area contributed by atoms with E-state index in [9.17, 15) is 0 Å². The van der Waals surface area contributed by atoms with Crippen LogP contribution in [0.3, 0.4) is 0 Å². The summed E-state index contributed by atoms with van der Waals surface area (Å²) < 4.78 is 3.58. The third-order valence-electron chi connectivity index (χ3n) is 3.87. The monoisotopic (exact) mass is 363 g/mol. The molecular weight excluding hydrogens is 338 g/mol. The first-order valence-electron chi connectivity index (χ1n) is 7.84. The molecule has 3 heteroatoms. The quantitative estimate of drug-likeness (QED) is 0.564. The van der Waals surface area contributed by atoms with Crippen LogP contribution < -0.4 is 24.8 Å². The van der Waals surface area contributed by atoms with Crippen LogP contribution in [0.15, 0.2) is 44.0 Å². The molecule has 0 amide bonds. The summed E-state index contributed by atoms with van der Waals surface area (Å²) in [5.41, 5.74) is 3.35. The number of rotatable bonds is 8. The van der Waals surface area contributed by atoms with Crippen LogP contribution >= 0.6 is 0 Å². The maximum absolute atomic E-state index is 2.40. The number of hydrogen-bond donors (Lipinski definition) is 0. The fourth-order valence-electron chi connectivity index (χ4n) is 2.67. The summed E-state index contributed by atoms with van der Waals surface area (Å²) >= 11 is 0.298. The molecule has 0 radical (unpaired) electrons. The van der Waals surface area contributed by atoms with Gasteiger partial charge in [-0.1, -0.05) is 0 Å². The van der Waals surface area contributed by atoms with Crippen LogP contribution in [0.5, 0.6) is 0 Å². The maximum atomic E-state index is 2.40. The Morgan fingerprint density at radius 1 is 0.810 bits per heavy atom. The Balaban J connectivity index is 0.00000200. The largest absolute Gasteiger partial charge is 1.00 e. The standard InChI is InChI=1S/2C9H13.2ClH.V/c2*1-2-3-6-9-7-4-5-8-9;;;/h2*4,7H,2-3,5-6H2,1H3;2*1H;/q;;;;+2/p-2. The molecule has 2 aliphatic rings. The van der Waals surface area contributed by atoms with Crippen LogP contribution in [-0.2, 0) is 16.3 Å². The van der Waals surface area contributed by atoms with Gasteiger partial charge in [0.25, 0.3) is 0 Å². The van der Waals surface area contributed by atoms with Gasteiger partial charge in [-0.05, 0) is 0 Å². The molecule has 0 aromatic rings. The van der Waals surface area contributed by atoms with Gasteiger partial charge in [0.05, 0.1) is 0 Å². The molecule has 2 aliphatic carbocycles. The summed E-state index contributed by atoms with van der Waals surface area (Å²) in [4.78, 5) is 0. The molecule has 21 heavy (non-hydrogen) atoms. The topological polar surface area (TPSA) is 0 Å². The van der Waals surface area contributed by atoms with Crippen molar-refractivity contribution in [3.63, 3.8) is 0 Å². The summed E-state index contributed by atoms with van der Waals surface area (Å²) in [5.74, 6) is 0. The molecule has 0 fully saturated rings. The van der Waals surface area contributed by atoms with E-state index in [1.54, 1.807) is 19.7 Å². The van der Waals surface area contributed by atoms with Crippen molar-refractivity contribution in [2.24, 2.45) is 0 Å². The van der Waals surface area contributed by atoms with Gasteiger partial charge in [0.2, 0.25) is 0 Å². The van der Waals surface area contributed by atoms with Crippen LogP contribution in [0.25, 0.3) is 0 Å². The zero-order valence-electron chi connectivity index (χ0n) is 13.2. The Kier molecular flexibility index (Phi) is 11.7. The van der Waals surface area contributed by atoms with Gasteiger partial charge in [-0.25, -0.2) is 0 Å². The average Bonchev–Trinajstić information content (AvgIpc) is 3.04. The average molecular weight is 364 g/mol. The zero-order valence-corrected chi connectivity index (χ0v) is 16.1. The van der Waals surface area contributed by atoms with Crippen molar-refractivity contribution in [3.8, 4) is 0 Å². The molecule has 0 aromatic carbocycles. The first-order chi connectivity index (χ1) is 9.35. The normalized spacial score (nSPS) is 16.1. The molecule has 0 saturated carbocycles. The number of halogens is 2. The summed E-state index contributed by atoms with van der Waals surface area (Å²) in [6, 6.07) is 0. The van der Waals surface area contributed by atoms with Crippen molar-refractivity contribution >= 4 is 0 Å². The van der Waals surface area contributed by atoms with Gasteiger partial charge in [-0.3, -0.25) is 0 Å². The minimum atomic E-state index is 0. The van der Waals surface area contributed by atoms with Crippen LogP contribution in [-0.4, -0.2) is 0 Å². The van der Waals surface area contributed by atoms with Gasteiger partial charge in [0.1, 0.15) is 0 Å². The van der Waals surface area contributed by atoms with Crippen molar-refractivity contribution in [1.82, 2.24) is 0 Å². The Hall–Kier alpha value is 0.124. The van der Waals surface area contributed by atoms with Gasteiger partial charge in [-0.2, -0.15) is 0 Å². The van der Waals surface area contributed by atoms with E-state index in [0.717, 1.165) is 0 Å².